The molecule has 0 aliphatic carbocycles. The molecule has 2 nitrogen and oxygen atoms in total. The summed E-state index contributed by atoms with van der Waals surface area (Å²) in [5.41, 5.74) is 6.91. The van der Waals surface area contributed by atoms with Crippen molar-refractivity contribution in [1.82, 2.24) is 4.90 Å². The minimum absolute atomic E-state index is 0.188. The third-order valence-electron chi connectivity index (χ3n) is 3.23. The van der Waals surface area contributed by atoms with Crippen LogP contribution >= 0.6 is 11.6 Å². The highest BCUT2D eigenvalue weighted by atomic mass is 35.5. The average molecular weight is 243 g/mol. The van der Waals surface area contributed by atoms with Crippen LogP contribution in [0.25, 0.3) is 0 Å². The van der Waals surface area contributed by atoms with Gasteiger partial charge >= 0.3 is 0 Å². The summed E-state index contributed by atoms with van der Waals surface area (Å²) in [5.74, 6) is -0.365. The van der Waals surface area contributed by atoms with E-state index in [2.05, 4.69) is 11.8 Å². The van der Waals surface area contributed by atoms with Crippen molar-refractivity contribution in [2.45, 2.75) is 25.4 Å². The van der Waals surface area contributed by atoms with E-state index >= 15 is 0 Å². The second-order valence-corrected chi connectivity index (χ2v) is 4.80. The van der Waals surface area contributed by atoms with Gasteiger partial charge < -0.3 is 5.73 Å². The summed E-state index contributed by atoms with van der Waals surface area (Å²) in [6, 6.07) is 5.41. The van der Waals surface area contributed by atoms with Crippen LogP contribution in [-0.4, -0.2) is 24.0 Å². The van der Waals surface area contributed by atoms with Crippen molar-refractivity contribution >= 4 is 11.6 Å². The van der Waals surface area contributed by atoms with E-state index in [4.69, 9.17) is 17.3 Å². The van der Waals surface area contributed by atoms with Gasteiger partial charge in [0, 0.05) is 25.2 Å². The zero-order chi connectivity index (χ0) is 11.7. The third-order valence-corrected chi connectivity index (χ3v) is 3.52. The maximum absolute atomic E-state index is 13.0. The number of rotatable bonds is 2. The highest BCUT2D eigenvalue weighted by Gasteiger charge is 2.24. The van der Waals surface area contributed by atoms with E-state index in [0.29, 0.717) is 0 Å². The Morgan fingerprint density at radius 3 is 2.88 bits per heavy atom. The summed E-state index contributed by atoms with van der Waals surface area (Å²) in [5, 5.41) is 0.188. The topological polar surface area (TPSA) is 29.3 Å². The molecular weight excluding hydrogens is 227 g/mol. The molecule has 1 fully saturated rings. The van der Waals surface area contributed by atoms with E-state index in [-0.39, 0.29) is 22.9 Å². The van der Waals surface area contributed by atoms with E-state index in [1.165, 1.54) is 6.07 Å². The highest BCUT2D eigenvalue weighted by molar-refractivity contribution is 6.30. The Morgan fingerprint density at radius 1 is 1.56 bits per heavy atom. The molecule has 0 aromatic heterocycles. The molecule has 1 aromatic carbocycles. The molecule has 1 aliphatic heterocycles. The molecule has 0 spiro atoms. The molecule has 4 heteroatoms. The van der Waals surface area contributed by atoms with Gasteiger partial charge in [-0.1, -0.05) is 17.7 Å². The maximum Gasteiger partial charge on any atom is 0.141 e. The summed E-state index contributed by atoms with van der Waals surface area (Å²) >= 11 is 5.78. The van der Waals surface area contributed by atoms with Gasteiger partial charge in [0.05, 0.1) is 5.02 Å². The van der Waals surface area contributed by atoms with Crippen molar-refractivity contribution in [3.05, 3.63) is 34.6 Å². The molecule has 2 unspecified atom stereocenters. The first-order valence-corrected chi connectivity index (χ1v) is 5.90. The van der Waals surface area contributed by atoms with Crippen LogP contribution in [0.15, 0.2) is 18.2 Å². The predicted octanol–water partition coefficient (Wildman–Crippen LogP) is 2.57. The van der Waals surface area contributed by atoms with Gasteiger partial charge in [-0.05, 0) is 31.0 Å². The fourth-order valence-corrected chi connectivity index (χ4v) is 2.34. The zero-order valence-corrected chi connectivity index (χ0v) is 10.0. The summed E-state index contributed by atoms with van der Waals surface area (Å²) in [7, 11) is 0. The lowest BCUT2D eigenvalue weighted by Gasteiger charge is -2.24. The van der Waals surface area contributed by atoms with Crippen molar-refractivity contribution in [2.75, 3.05) is 13.1 Å². The van der Waals surface area contributed by atoms with E-state index in [1.54, 1.807) is 12.1 Å². The van der Waals surface area contributed by atoms with E-state index in [9.17, 15) is 4.39 Å². The normalized spacial score (nSPS) is 23.6. The van der Waals surface area contributed by atoms with Crippen LogP contribution in [0.2, 0.25) is 5.02 Å². The van der Waals surface area contributed by atoms with Crippen molar-refractivity contribution in [2.24, 2.45) is 5.73 Å². The van der Waals surface area contributed by atoms with E-state index in [0.717, 1.165) is 25.1 Å². The lowest BCUT2D eigenvalue weighted by atomic mass is 10.1. The molecule has 2 N–H and O–H groups in total. The number of nitrogens with zero attached hydrogens (tertiary/aromatic N) is 1. The standard InChI is InChI=1S/C12H16ClFN2/c1-8(16-5-4-10(15)7-16)9-2-3-12(14)11(13)6-9/h2-3,6,8,10H,4-5,7,15H2,1H3. The monoisotopic (exact) mass is 242 g/mol. The number of hydrogen-bond acceptors (Lipinski definition) is 2. The predicted molar refractivity (Wildman–Crippen MR) is 64.0 cm³/mol. The van der Waals surface area contributed by atoms with Gasteiger partial charge in [-0.2, -0.15) is 0 Å². The van der Waals surface area contributed by atoms with Crippen LogP contribution in [0.5, 0.6) is 0 Å². The number of hydrogen-bond donors (Lipinski definition) is 1. The minimum Gasteiger partial charge on any atom is -0.326 e. The number of benzene rings is 1. The quantitative estimate of drug-likeness (QED) is 0.864. The Morgan fingerprint density at radius 2 is 2.31 bits per heavy atom. The highest BCUT2D eigenvalue weighted by Crippen LogP contribution is 2.27. The lowest BCUT2D eigenvalue weighted by molar-refractivity contribution is 0.260. The molecule has 16 heavy (non-hydrogen) atoms. The van der Waals surface area contributed by atoms with E-state index < -0.39 is 0 Å². The van der Waals surface area contributed by atoms with Crippen molar-refractivity contribution in [3.63, 3.8) is 0 Å². The Kier molecular flexibility index (Phi) is 3.47. The van der Waals surface area contributed by atoms with Gasteiger partial charge in [-0.25, -0.2) is 4.39 Å². The van der Waals surface area contributed by atoms with Crippen molar-refractivity contribution < 1.29 is 4.39 Å². The molecular formula is C12H16ClFN2. The van der Waals surface area contributed by atoms with Crippen molar-refractivity contribution in [1.29, 1.82) is 0 Å². The van der Waals surface area contributed by atoms with Crippen LogP contribution in [0.3, 0.4) is 0 Å². The van der Waals surface area contributed by atoms with Crippen molar-refractivity contribution in [3.8, 4) is 0 Å². The molecule has 1 heterocycles. The third kappa shape index (κ3) is 2.37. The molecule has 0 radical (unpaired) electrons. The second-order valence-electron chi connectivity index (χ2n) is 4.39. The molecule has 88 valence electrons. The molecule has 2 atom stereocenters. The average Bonchev–Trinajstić information content (AvgIpc) is 2.68. The summed E-state index contributed by atoms with van der Waals surface area (Å²) in [6.07, 6.45) is 1.03. The Hall–Kier alpha value is -0.640. The number of likely N-dealkylation sites (tertiary alicyclic amines) is 1. The van der Waals surface area contributed by atoms with Gasteiger partial charge in [0.2, 0.25) is 0 Å². The Labute approximate surface area is 100 Å². The van der Waals surface area contributed by atoms with E-state index in [1.807, 2.05) is 0 Å². The minimum atomic E-state index is -0.365. The summed E-state index contributed by atoms with van der Waals surface area (Å²) in [6.45, 7) is 4.00. The molecule has 0 bridgehead atoms. The summed E-state index contributed by atoms with van der Waals surface area (Å²) < 4.78 is 13.0. The van der Waals surface area contributed by atoms with Gasteiger partial charge in [-0.15, -0.1) is 0 Å². The van der Waals surface area contributed by atoms with Gasteiger partial charge in [0.1, 0.15) is 5.82 Å². The number of halogens is 2. The Bertz CT molecular complexity index is 383. The fraction of sp³-hybridized carbons (Fsp3) is 0.500. The first-order chi connectivity index (χ1) is 7.58. The van der Waals surface area contributed by atoms with Crippen LogP contribution in [-0.2, 0) is 0 Å². The molecule has 0 saturated carbocycles. The van der Waals surface area contributed by atoms with Gasteiger partial charge in [-0.3, -0.25) is 4.90 Å². The van der Waals surface area contributed by atoms with Gasteiger partial charge in [0.25, 0.3) is 0 Å². The lowest BCUT2D eigenvalue weighted by Crippen LogP contribution is -2.28. The Balaban J connectivity index is 2.14. The van der Waals surface area contributed by atoms with Crippen LogP contribution in [0.4, 0.5) is 4.39 Å². The maximum atomic E-state index is 13.0. The molecule has 1 aliphatic rings. The van der Waals surface area contributed by atoms with Crippen LogP contribution in [0.1, 0.15) is 24.9 Å². The zero-order valence-electron chi connectivity index (χ0n) is 9.29. The van der Waals surface area contributed by atoms with Crippen LogP contribution < -0.4 is 5.73 Å². The molecule has 0 amide bonds. The number of nitrogens with two attached hydrogens (primary N) is 1. The SMILES string of the molecule is CC(c1ccc(F)c(Cl)c1)N1CCC(N)C1. The summed E-state index contributed by atoms with van der Waals surface area (Å²) in [4.78, 5) is 2.30. The van der Waals surface area contributed by atoms with Crippen LogP contribution in [0, 0.1) is 5.82 Å². The largest absolute Gasteiger partial charge is 0.326 e. The second kappa shape index (κ2) is 4.70. The molecule has 1 aromatic rings. The van der Waals surface area contributed by atoms with Gasteiger partial charge in [0.15, 0.2) is 0 Å². The first kappa shape index (κ1) is 11.8. The smallest absolute Gasteiger partial charge is 0.141 e. The molecule has 1 saturated heterocycles. The fourth-order valence-electron chi connectivity index (χ4n) is 2.15. The molecule has 2 rings (SSSR count). The first-order valence-electron chi connectivity index (χ1n) is 5.52.